The van der Waals surface area contributed by atoms with Gasteiger partial charge in [0.05, 0.1) is 24.1 Å². The molecule has 0 saturated carbocycles. The highest BCUT2D eigenvalue weighted by molar-refractivity contribution is 5.98. The van der Waals surface area contributed by atoms with E-state index in [1.54, 1.807) is 13.8 Å². The summed E-state index contributed by atoms with van der Waals surface area (Å²) in [4.78, 5) is 58.5. The monoisotopic (exact) mass is 643 g/mol. The second-order valence-electron chi connectivity index (χ2n) is 11.0. The summed E-state index contributed by atoms with van der Waals surface area (Å²) in [6.07, 6.45) is -1.58. The summed E-state index contributed by atoms with van der Waals surface area (Å²) in [6, 6.07) is -3.49. The van der Waals surface area contributed by atoms with Gasteiger partial charge in [-0.05, 0) is 25.0 Å². The van der Waals surface area contributed by atoms with Crippen LogP contribution in [0, 0.1) is 40.9 Å². The molecule has 4 amide bonds. The van der Waals surface area contributed by atoms with Crippen LogP contribution in [0.1, 0.15) is 50.2 Å². The van der Waals surface area contributed by atoms with Crippen LogP contribution < -0.4 is 16.0 Å². The Morgan fingerprint density at radius 3 is 2.16 bits per heavy atom. The van der Waals surface area contributed by atoms with Gasteiger partial charge in [-0.25, -0.2) is 26.9 Å². The van der Waals surface area contributed by atoms with Crippen LogP contribution in [0.25, 0.3) is 0 Å². The highest BCUT2D eigenvalue weighted by atomic mass is 19.2. The van der Waals surface area contributed by atoms with Crippen LogP contribution >= 0.6 is 0 Å². The Labute approximate surface area is 255 Å². The van der Waals surface area contributed by atoms with E-state index >= 15 is 0 Å². The number of benzene rings is 1. The van der Waals surface area contributed by atoms with Gasteiger partial charge in [-0.1, -0.05) is 27.2 Å². The lowest BCUT2D eigenvalue weighted by Crippen LogP contribution is -2.64. The van der Waals surface area contributed by atoms with Crippen molar-refractivity contribution in [2.75, 3.05) is 7.05 Å². The SMILES string of the molecule is CCC(C)C1C(=O)N[C@H](C)[C@H](NC(=O)c2ncccc2O)C(=O)N[C@@H](Cc2c(F)c(F)c(F)c(F)c2F)[C@@H](O)[C@@H](C)C(=O)N1C. The maximum atomic E-state index is 14.7. The van der Waals surface area contributed by atoms with E-state index in [0.29, 0.717) is 6.42 Å². The molecule has 1 aromatic heterocycles. The first-order valence-corrected chi connectivity index (χ1v) is 14.0. The van der Waals surface area contributed by atoms with Crippen molar-refractivity contribution in [2.45, 2.75) is 70.8 Å². The van der Waals surface area contributed by atoms with Crippen LogP contribution in [0.5, 0.6) is 5.75 Å². The Hall–Kier alpha value is -4.34. The van der Waals surface area contributed by atoms with Crippen molar-refractivity contribution in [1.29, 1.82) is 0 Å². The molecule has 1 aromatic carbocycles. The van der Waals surface area contributed by atoms with Gasteiger partial charge >= 0.3 is 0 Å². The van der Waals surface area contributed by atoms with Crippen molar-refractivity contribution in [1.82, 2.24) is 25.8 Å². The molecule has 11 nitrogen and oxygen atoms in total. The summed E-state index contributed by atoms with van der Waals surface area (Å²) in [6.45, 7) is 5.95. The number of carbonyl (C=O) groups is 4. The van der Waals surface area contributed by atoms with Gasteiger partial charge < -0.3 is 31.1 Å². The number of amides is 4. The van der Waals surface area contributed by atoms with Crippen molar-refractivity contribution in [2.24, 2.45) is 11.8 Å². The first kappa shape index (κ1) is 35.1. The molecule has 0 aliphatic carbocycles. The molecule has 3 rings (SSSR count). The van der Waals surface area contributed by atoms with Gasteiger partial charge in [0.25, 0.3) is 5.91 Å². The van der Waals surface area contributed by atoms with E-state index in [1.807, 2.05) is 0 Å². The zero-order valence-electron chi connectivity index (χ0n) is 25.0. The number of rotatable bonds is 6. The fourth-order valence-electron chi connectivity index (χ4n) is 5.16. The minimum atomic E-state index is -2.41. The van der Waals surface area contributed by atoms with Crippen LogP contribution in [0.4, 0.5) is 22.0 Å². The van der Waals surface area contributed by atoms with Gasteiger partial charge in [0, 0.05) is 25.2 Å². The van der Waals surface area contributed by atoms with E-state index in [4.69, 9.17) is 0 Å². The van der Waals surface area contributed by atoms with Gasteiger partial charge in [0.15, 0.2) is 29.0 Å². The van der Waals surface area contributed by atoms with Gasteiger partial charge in [0.2, 0.25) is 23.5 Å². The first-order valence-electron chi connectivity index (χ1n) is 14.0. The topological polar surface area (TPSA) is 161 Å². The molecular formula is C29H34F5N5O6. The zero-order valence-corrected chi connectivity index (χ0v) is 25.0. The van der Waals surface area contributed by atoms with E-state index < -0.39 is 118 Å². The Bertz CT molecular complexity index is 1450. The number of nitrogens with one attached hydrogen (secondary N) is 3. The maximum absolute atomic E-state index is 14.7. The molecule has 45 heavy (non-hydrogen) atoms. The molecule has 1 fully saturated rings. The number of aliphatic hydroxyl groups is 1. The molecule has 7 atom stereocenters. The average molecular weight is 644 g/mol. The second-order valence-corrected chi connectivity index (χ2v) is 11.0. The lowest BCUT2D eigenvalue weighted by Gasteiger charge is -2.38. The van der Waals surface area contributed by atoms with E-state index in [1.165, 1.54) is 33.2 Å². The summed E-state index contributed by atoms with van der Waals surface area (Å²) in [7, 11) is 1.29. The normalized spacial score (nSPS) is 25.5. The van der Waals surface area contributed by atoms with Crippen molar-refractivity contribution >= 4 is 23.6 Å². The standard InChI is InChI=1S/C29H34F5N5O6/c1-6-11(2)24-28(44)36-13(4)22(38-27(43)23-16(40)8-7-9-35-23)26(42)37-15(25(41)12(3)29(45)39(24)5)10-14-17(30)19(32)21(34)20(33)18(14)31/h7-9,11-13,15,22,24-25,40-41H,6,10H2,1-5H3,(H,36,44)(H,37,42)(H,38,43)/t11?,12-,13-,15+,22+,24?,25+/m1/s1. The number of aromatic nitrogens is 1. The number of hydrogen-bond acceptors (Lipinski definition) is 7. The molecule has 1 saturated heterocycles. The van der Waals surface area contributed by atoms with E-state index in [0.717, 1.165) is 11.0 Å². The predicted molar refractivity (Wildman–Crippen MR) is 148 cm³/mol. The summed E-state index contributed by atoms with van der Waals surface area (Å²) >= 11 is 0. The Morgan fingerprint density at radius 1 is 1.02 bits per heavy atom. The van der Waals surface area contributed by atoms with Crippen LogP contribution in [0.3, 0.4) is 0 Å². The molecule has 2 aromatic rings. The highest BCUT2D eigenvalue weighted by Crippen LogP contribution is 2.27. The Morgan fingerprint density at radius 2 is 1.60 bits per heavy atom. The third kappa shape index (κ3) is 7.16. The fraction of sp³-hybridized carbons (Fsp3) is 0.483. The van der Waals surface area contributed by atoms with Crippen molar-refractivity contribution in [3.05, 3.63) is 58.7 Å². The molecule has 0 bridgehead atoms. The van der Waals surface area contributed by atoms with Crippen LogP contribution in [-0.4, -0.2) is 81.0 Å². The number of pyridine rings is 1. The third-order valence-corrected chi connectivity index (χ3v) is 8.02. The zero-order chi connectivity index (χ0) is 33.9. The van der Waals surface area contributed by atoms with Crippen LogP contribution in [0.2, 0.25) is 0 Å². The van der Waals surface area contributed by atoms with E-state index in [9.17, 15) is 51.3 Å². The molecular weight excluding hydrogens is 609 g/mol. The number of aliphatic hydroxyl groups excluding tert-OH is 1. The van der Waals surface area contributed by atoms with Gasteiger partial charge in [-0.2, -0.15) is 0 Å². The van der Waals surface area contributed by atoms with Crippen molar-refractivity contribution < 1.29 is 51.3 Å². The molecule has 1 aliphatic heterocycles. The largest absolute Gasteiger partial charge is 0.505 e. The molecule has 16 heteroatoms. The number of hydrogen-bond donors (Lipinski definition) is 5. The van der Waals surface area contributed by atoms with Crippen molar-refractivity contribution in [3.63, 3.8) is 0 Å². The third-order valence-electron chi connectivity index (χ3n) is 8.02. The minimum Gasteiger partial charge on any atom is -0.505 e. The molecule has 0 spiro atoms. The Balaban J connectivity index is 2.15. The van der Waals surface area contributed by atoms with Gasteiger partial charge in [-0.3, -0.25) is 19.2 Å². The molecule has 1 aliphatic rings. The first-order chi connectivity index (χ1) is 21.0. The van der Waals surface area contributed by atoms with Gasteiger partial charge in [0.1, 0.15) is 17.8 Å². The fourth-order valence-corrected chi connectivity index (χ4v) is 5.16. The molecule has 2 unspecified atom stereocenters. The van der Waals surface area contributed by atoms with Crippen molar-refractivity contribution in [3.8, 4) is 5.75 Å². The molecule has 246 valence electrons. The number of halogens is 5. The smallest absolute Gasteiger partial charge is 0.274 e. The predicted octanol–water partition coefficient (Wildman–Crippen LogP) is 1.70. The molecule has 2 heterocycles. The minimum absolute atomic E-state index is 0.406. The van der Waals surface area contributed by atoms with Crippen LogP contribution in [0.15, 0.2) is 18.3 Å². The number of nitrogens with zero attached hydrogens (tertiary/aromatic N) is 2. The highest BCUT2D eigenvalue weighted by Gasteiger charge is 2.42. The lowest BCUT2D eigenvalue weighted by atomic mass is 9.89. The number of likely N-dealkylation sites (N-methyl/N-ethyl adjacent to an activating group) is 1. The van der Waals surface area contributed by atoms with Crippen LogP contribution in [-0.2, 0) is 20.8 Å². The summed E-state index contributed by atoms with van der Waals surface area (Å²) in [5, 5.41) is 28.5. The lowest BCUT2D eigenvalue weighted by molar-refractivity contribution is -0.148. The maximum Gasteiger partial charge on any atom is 0.274 e. The summed E-state index contributed by atoms with van der Waals surface area (Å²) in [5.41, 5.74) is -1.86. The van der Waals surface area contributed by atoms with E-state index in [-0.39, 0.29) is 0 Å². The number of aromatic hydroxyl groups is 1. The average Bonchev–Trinajstić information content (AvgIpc) is 3.01. The van der Waals surface area contributed by atoms with Gasteiger partial charge in [-0.15, -0.1) is 0 Å². The quantitative estimate of drug-likeness (QED) is 0.182. The van der Waals surface area contributed by atoms with E-state index in [2.05, 4.69) is 20.9 Å². The summed E-state index contributed by atoms with van der Waals surface area (Å²) < 4.78 is 71.2. The summed E-state index contributed by atoms with van der Waals surface area (Å²) in [5.74, 6) is -17.6. The Kier molecular flexibility index (Phi) is 11.1. The number of carbonyl (C=O) groups excluding carboxylic acids is 4. The second kappa shape index (κ2) is 14.2. The molecule has 0 radical (unpaired) electrons. The molecule has 5 N–H and O–H groups in total.